The van der Waals surface area contributed by atoms with Crippen LogP contribution in [0.3, 0.4) is 0 Å². The van der Waals surface area contributed by atoms with Gasteiger partial charge >= 0.3 is 0 Å². The molecule has 1 aliphatic rings. The Morgan fingerprint density at radius 3 is 2.33 bits per heavy atom. The molecule has 2 amide bonds. The summed E-state index contributed by atoms with van der Waals surface area (Å²) in [5, 5.41) is 0. The molecular formula is C9H15N2O2PS. The second-order valence-corrected chi connectivity index (χ2v) is 7.76. The maximum atomic E-state index is 11.4. The molecule has 0 aliphatic carbocycles. The van der Waals surface area contributed by atoms with Crippen LogP contribution in [0.2, 0.25) is 0 Å². The molecule has 1 heterocycles. The van der Waals surface area contributed by atoms with Crippen LogP contribution >= 0.6 is 6.34 Å². The summed E-state index contributed by atoms with van der Waals surface area (Å²) >= 11 is 5.20. The molecule has 2 N–H and O–H groups in total. The Hall–Kier alpha value is -0.510. The quantitative estimate of drug-likeness (QED) is 0.452. The van der Waals surface area contributed by atoms with Crippen molar-refractivity contribution in [1.82, 2.24) is 4.67 Å². The first-order chi connectivity index (χ1) is 6.99. The summed E-state index contributed by atoms with van der Waals surface area (Å²) in [6, 6.07) is 0. The molecule has 1 atom stereocenters. The van der Waals surface area contributed by atoms with Crippen molar-refractivity contribution in [2.75, 3.05) is 6.16 Å². The molecule has 1 unspecified atom stereocenters. The van der Waals surface area contributed by atoms with E-state index in [-0.39, 0.29) is 11.8 Å². The highest BCUT2D eigenvalue weighted by Gasteiger charge is 2.33. The number of nitrogens with two attached hydrogens (primary N) is 1. The second kappa shape index (κ2) is 5.01. The topological polar surface area (TPSA) is 63.4 Å². The smallest absolute Gasteiger partial charge is 0.258 e. The fourth-order valence-corrected chi connectivity index (χ4v) is 3.96. The van der Waals surface area contributed by atoms with Gasteiger partial charge in [0, 0.05) is 18.3 Å². The van der Waals surface area contributed by atoms with Crippen LogP contribution in [0.15, 0.2) is 12.2 Å². The first kappa shape index (κ1) is 12.6. The number of carbonyl (C=O) groups excluding carboxylic acids is 2. The molecule has 0 aromatic rings. The first-order valence-corrected chi connectivity index (χ1v) is 7.94. The minimum Gasteiger partial charge on any atom is -0.286 e. The lowest BCUT2D eigenvalue weighted by Gasteiger charge is -2.25. The molecule has 1 aliphatic heterocycles. The van der Waals surface area contributed by atoms with Crippen LogP contribution in [0.5, 0.6) is 0 Å². The minimum atomic E-state index is -2.48. The van der Waals surface area contributed by atoms with E-state index in [1.165, 1.54) is 12.2 Å². The van der Waals surface area contributed by atoms with Crippen molar-refractivity contribution in [3.63, 3.8) is 0 Å². The fraction of sp³-hybridized carbons (Fsp3) is 0.556. The van der Waals surface area contributed by atoms with Crippen LogP contribution in [0.4, 0.5) is 0 Å². The number of rotatable bonds is 5. The van der Waals surface area contributed by atoms with E-state index in [4.69, 9.17) is 17.3 Å². The lowest BCUT2D eigenvalue weighted by Crippen LogP contribution is -2.31. The summed E-state index contributed by atoms with van der Waals surface area (Å²) in [6.45, 7) is 2.08. The summed E-state index contributed by atoms with van der Waals surface area (Å²) in [5.74, 6) is -0.718. The maximum Gasteiger partial charge on any atom is 0.258 e. The van der Waals surface area contributed by atoms with Crippen molar-refractivity contribution in [2.24, 2.45) is 5.50 Å². The molecule has 6 heteroatoms. The van der Waals surface area contributed by atoms with Gasteiger partial charge in [-0.1, -0.05) is 31.6 Å². The predicted molar refractivity (Wildman–Crippen MR) is 63.9 cm³/mol. The van der Waals surface area contributed by atoms with Crippen molar-refractivity contribution in [3.8, 4) is 0 Å². The Morgan fingerprint density at radius 2 is 1.87 bits per heavy atom. The normalized spacial score (nSPS) is 19.7. The second-order valence-electron chi connectivity index (χ2n) is 3.51. The summed E-state index contributed by atoms with van der Waals surface area (Å²) in [5.41, 5.74) is 5.91. The molecule has 0 fully saturated rings. The number of hydrogen-bond donors (Lipinski definition) is 1. The Kier molecular flexibility index (Phi) is 4.20. The fourth-order valence-electron chi connectivity index (χ4n) is 1.41. The Labute approximate surface area is 94.6 Å². The average molecular weight is 246 g/mol. The SMILES string of the molecule is CCCCCP(N)(=S)N1C(=O)C=CC1=O. The van der Waals surface area contributed by atoms with Gasteiger partial charge in [-0.25, -0.2) is 4.67 Å². The molecule has 0 saturated heterocycles. The number of carbonyl (C=O) groups is 2. The largest absolute Gasteiger partial charge is 0.286 e. The highest BCUT2D eigenvalue weighted by Crippen LogP contribution is 2.44. The van der Waals surface area contributed by atoms with E-state index in [0.29, 0.717) is 6.16 Å². The number of nitrogens with zero attached hydrogens (tertiary/aromatic N) is 1. The third-order valence-electron chi connectivity index (χ3n) is 2.21. The average Bonchev–Trinajstić information content (AvgIpc) is 2.46. The number of unbranched alkanes of at least 4 members (excludes halogenated alkanes) is 2. The van der Waals surface area contributed by atoms with Crippen molar-refractivity contribution in [1.29, 1.82) is 0 Å². The molecular weight excluding hydrogens is 231 g/mol. The Bertz CT molecular complexity index is 336. The van der Waals surface area contributed by atoms with Crippen LogP contribution in [0, 0.1) is 0 Å². The van der Waals surface area contributed by atoms with Gasteiger partial charge in [-0.05, 0) is 6.42 Å². The van der Waals surface area contributed by atoms with Gasteiger partial charge in [-0.2, -0.15) is 0 Å². The molecule has 15 heavy (non-hydrogen) atoms. The van der Waals surface area contributed by atoms with E-state index in [2.05, 4.69) is 6.92 Å². The molecule has 0 spiro atoms. The molecule has 0 aromatic carbocycles. The zero-order valence-corrected chi connectivity index (χ0v) is 10.4. The molecule has 84 valence electrons. The van der Waals surface area contributed by atoms with Crippen molar-refractivity contribution < 1.29 is 9.59 Å². The molecule has 4 nitrogen and oxygen atoms in total. The van der Waals surface area contributed by atoms with Gasteiger partial charge < -0.3 is 0 Å². The van der Waals surface area contributed by atoms with E-state index >= 15 is 0 Å². The van der Waals surface area contributed by atoms with Crippen LogP contribution in [-0.4, -0.2) is 22.6 Å². The lowest BCUT2D eigenvalue weighted by molar-refractivity contribution is -0.130. The number of amides is 2. The van der Waals surface area contributed by atoms with Gasteiger partial charge in [-0.15, -0.1) is 0 Å². The Morgan fingerprint density at radius 1 is 1.33 bits per heavy atom. The highest BCUT2D eigenvalue weighted by atomic mass is 32.4. The van der Waals surface area contributed by atoms with Gasteiger partial charge in [0.2, 0.25) is 0 Å². The van der Waals surface area contributed by atoms with E-state index < -0.39 is 6.34 Å². The van der Waals surface area contributed by atoms with Crippen LogP contribution in [0.1, 0.15) is 26.2 Å². The lowest BCUT2D eigenvalue weighted by atomic mass is 10.3. The predicted octanol–water partition coefficient (Wildman–Crippen LogP) is 1.37. The maximum absolute atomic E-state index is 11.4. The molecule has 0 radical (unpaired) electrons. The number of imide groups is 1. The van der Waals surface area contributed by atoms with Crippen LogP contribution in [-0.2, 0) is 21.4 Å². The number of hydrogen-bond acceptors (Lipinski definition) is 3. The third kappa shape index (κ3) is 2.97. The summed E-state index contributed by atoms with van der Waals surface area (Å²) in [7, 11) is 0. The summed E-state index contributed by atoms with van der Waals surface area (Å²) in [6.07, 6.45) is 3.53. The van der Waals surface area contributed by atoms with Crippen molar-refractivity contribution in [2.45, 2.75) is 26.2 Å². The summed E-state index contributed by atoms with van der Waals surface area (Å²) < 4.78 is 1.07. The molecule has 0 saturated carbocycles. The van der Waals surface area contributed by atoms with E-state index in [0.717, 1.165) is 23.9 Å². The highest BCUT2D eigenvalue weighted by molar-refractivity contribution is 8.12. The minimum absolute atomic E-state index is 0.359. The Balaban J connectivity index is 2.65. The monoisotopic (exact) mass is 246 g/mol. The van der Waals surface area contributed by atoms with Gasteiger partial charge in [0.05, 0.1) is 0 Å². The van der Waals surface area contributed by atoms with E-state index in [9.17, 15) is 9.59 Å². The van der Waals surface area contributed by atoms with Crippen LogP contribution < -0.4 is 5.50 Å². The zero-order valence-electron chi connectivity index (χ0n) is 8.68. The van der Waals surface area contributed by atoms with Crippen molar-refractivity contribution in [3.05, 3.63) is 12.2 Å². The molecule has 1 rings (SSSR count). The van der Waals surface area contributed by atoms with Crippen molar-refractivity contribution >= 4 is 30.0 Å². The van der Waals surface area contributed by atoms with Gasteiger partial charge in [0.25, 0.3) is 11.8 Å². The van der Waals surface area contributed by atoms with E-state index in [1.54, 1.807) is 0 Å². The third-order valence-corrected chi connectivity index (χ3v) is 5.27. The summed E-state index contributed by atoms with van der Waals surface area (Å²) in [4.78, 5) is 22.7. The zero-order chi connectivity index (χ0) is 11.5. The standard InChI is InChI=1S/C9H15N2O2PS/c1-2-3-4-7-14(10,15)11-8(12)5-6-9(11)13/h5-6H,2-4,7H2,1H3,(H2,10,15). The molecule has 0 aromatic heterocycles. The molecule has 0 bridgehead atoms. The van der Waals surface area contributed by atoms with E-state index in [1.807, 2.05) is 0 Å². The van der Waals surface area contributed by atoms with Gasteiger partial charge in [0.15, 0.2) is 0 Å². The van der Waals surface area contributed by atoms with Gasteiger partial charge in [0.1, 0.15) is 6.34 Å². The first-order valence-electron chi connectivity index (χ1n) is 4.93. The van der Waals surface area contributed by atoms with Gasteiger partial charge in [-0.3, -0.25) is 15.1 Å². The van der Waals surface area contributed by atoms with Crippen LogP contribution in [0.25, 0.3) is 0 Å².